The number of hydrogen-bond donors (Lipinski definition) is 3. The highest BCUT2D eigenvalue weighted by Crippen LogP contribution is 2.24. The molecular formula is C12H11N3O3. The van der Waals surface area contributed by atoms with Gasteiger partial charge in [-0.25, -0.2) is 9.78 Å². The molecule has 0 unspecified atom stereocenters. The molecule has 0 fully saturated rings. The minimum Gasteiger partial charge on any atom is -0.478 e. The molecule has 1 amide bonds. The largest absolute Gasteiger partial charge is 0.478 e. The van der Waals surface area contributed by atoms with E-state index in [9.17, 15) is 9.59 Å². The summed E-state index contributed by atoms with van der Waals surface area (Å²) in [5.74, 6) is -1.11. The van der Waals surface area contributed by atoms with Crippen LogP contribution < -0.4 is 11.1 Å². The molecule has 0 radical (unpaired) electrons. The standard InChI is InChI=1S/C12H11N3O3/c13-10(16)6-15-11-8-4-2-1-3-7(8)9(5-14-11)12(17)18/h1-5H,6H2,(H2,13,16)(H,14,15)(H,17,18). The van der Waals surface area contributed by atoms with E-state index in [1.54, 1.807) is 24.3 Å². The van der Waals surface area contributed by atoms with Gasteiger partial charge in [-0.3, -0.25) is 4.79 Å². The third-order valence-electron chi connectivity index (χ3n) is 2.46. The van der Waals surface area contributed by atoms with Crippen LogP contribution in [0.15, 0.2) is 30.5 Å². The summed E-state index contributed by atoms with van der Waals surface area (Å²) in [7, 11) is 0. The number of nitrogens with one attached hydrogen (secondary N) is 1. The molecule has 1 heterocycles. The minimum absolute atomic E-state index is 0.0522. The zero-order valence-electron chi connectivity index (χ0n) is 9.38. The zero-order chi connectivity index (χ0) is 13.1. The number of fused-ring (bicyclic) bond motifs is 1. The predicted molar refractivity (Wildman–Crippen MR) is 66.4 cm³/mol. The number of nitrogens with zero attached hydrogens (tertiary/aromatic N) is 1. The number of pyridine rings is 1. The van der Waals surface area contributed by atoms with Crippen LogP contribution in [0.25, 0.3) is 10.8 Å². The third kappa shape index (κ3) is 2.22. The van der Waals surface area contributed by atoms with Crippen molar-refractivity contribution >= 4 is 28.5 Å². The van der Waals surface area contributed by atoms with Crippen LogP contribution in [0, 0.1) is 0 Å². The maximum Gasteiger partial charge on any atom is 0.337 e. The maximum absolute atomic E-state index is 11.1. The van der Waals surface area contributed by atoms with Gasteiger partial charge in [0.15, 0.2) is 0 Å². The van der Waals surface area contributed by atoms with Crippen LogP contribution in [-0.2, 0) is 4.79 Å². The van der Waals surface area contributed by atoms with E-state index in [2.05, 4.69) is 10.3 Å². The van der Waals surface area contributed by atoms with Gasteiger partial charge in [-0.05, 0) is 0 Å². The van der Waals surface area contributed by atoms with Crippen molar-refractivity contribution in [3.63, 3.8) is 0 Å². The second-order valence-corrected chi connectivity index (χ2v) is 3.69. The van der Waals surface area contributed by atoms with Crippen molar-refractivity contribution in [1.82, 2.24) is 4.98 Å². The van der Waals surface area contributed by atoms with Gasteiger partial charge in [0.25, 0.3) is 0 Å². The number of carbonyl (C=O) groups is 2. The van der Waals surface area contributed by atoms with Crippen LogP contribution >= 0.6 is 0 Å². The number of hydrogen-bond acceptors (Lipinski definition) is 4. The third-order valence-corrected chi connectivity index (χ3v) is 2.46. The Morgan fingerprint density at radius 2 is 1.94 bits per heavy atom. The molecule has 18 heavy (non-hydrogen) atoms. The van der Waals surface area contributed by atoms with Gasteiger partial charge >= 0.3 is 5.97 Å². The van der Waals surface area contributed by atoms with E-state index in [4.69, 9.17) is 10.8 Å². The molecule has 0 atom stereocenters. The topological polar surface area (TPSA) is 105 Å². The van der Waals surface area contributed by atoms with Gasteiger partial charge in [0.1, 0.15) is 5.82 Å². The fourth-order valence-electron chi connectivity index (χ4n) is 1.67. The molecule has 0 aliphatic carbocycles. The maximum atomic E-state index is 11.1. The molecule has 2 aromatic rings. The molecule has 92 valence electrons. The van der Waals surface area contributed by atoms with E-state index in [1.165, 1.54) is 6.20 Å². The Bertz CT molecular complexity index is 625. The molecular weight excluding hydrogens is 234 g/mol. The van der Waals surface area contributed by atoms with E-state index in [0.29, 0.717) is 16.6 Å². The van der Waals surface area contributed by atoms with Gasteiger partial charge in [0.2, 0.25) is 5.91 Å². The molecule has 0 aliphatic rings. The number of aromatic carboxylic acids is 1. The molecule has 0 aliphatic heterocycles. The average Bonchev–Trinajstić information content (AvgIpc) is 2.35. The molecule has 6 nitrogen and oxygen atoms in total. The molecule has 0 saturated heterocycles. The number of nitrogens with two attached hydrogens (primary N) is 1. The second kappa shape index (κ2) is 4.70. The lowest BCUT2D eigenvalue weighted by atomic mass is 10.1. The Balaban J connectivity index is 2.53. The van der Waals surface area contributed by atoms with Gasteiger partial charge in [0.05, 0.1) is 12.1 Å². The average molecular weight is 245 g/mol. The monoisotopic (exact) mass is 245 g/mol. The van der Waals surface area contributed by atoms with Crippen molar-refractivity contribution in [2.75, 3.05) is 11.9 Å². The first-order chi connectivity index (χ1) is 8.59. The van der Waals surface area contributed by atoms with E-state index >= 15 is 0 Å². The SMILES string of the molecule is NC(=O)CNc1ncc(C(=O)O)c2ccccc12. The Kier molecular flexibility index (Phi) is 3.09. The molecule has 0 bridgehead atoms. The number of aromatic nitrogens is 1. The first-order valence-electron chi connectivity index (χ1n) is 5.23. The van der Waals surface area contributed by atoms with Gasteiger partial charge in [-0.15, -0.1) is 0 Å². The van der Waals surface area contributed by atoms with Gasteiger partial charge in [-0.1, -0.05) is 24.3 Å². The highest BCUT2D eigenvalue weighted by molar-refractivity contribution is 6.06. The fourth-order valence-corrected chi connectivity index (χ4v) is 1.67. The fraction of sp³-hybridized carbons (Fsp3) is 0.0833. The Hall–Kier alpha value is -2.63. The molecule has 2 rings (SSSR count). The highest BCUT2D eigenvalue weighted by Gasteiger charge is 2.12. The van der Waals surface area contributed by atoms with Crippen molar-refractivity contribution in [2.24, 2.45) is 5.73 Å². The number of anilines is 1. The highest BCUT2D eigenvalue weighted by atomic mass is 16.4. The first-order valence-corrected chi connectivity index (χ1v) is 5.23. The normalized spacial score (nSPS) is 10.2. The Morgan fingerprint density at radius 1 is 1.28 bits per heavy atom. The lowest BCUT2D eigenvalue weighted by molar-refractivity contribution is -0.116. The summed E-state index contributed by atoms with van der Waals surface area (Å²) in [6.45, 7) is -0.0522. The number of carboxylic acids is 1. The summed E-state index contributed by atoms with van der Waals surface area (Å²) >= 11 is 0. The quantitative estimate of drug-likeness (QED) is 0.739. The lowest BCUT2D eigenvalue weighted by Gasteiger charge is -2.08. The number of amides is 1. The van der Waals surface area contributed by atoms with E-state index < -0.39 is 11.9 Å². The smallest absolute Gasteiger partial charge is 0.337 e. The number of carboxylic acid groups (broad SMARTS) is 1. The molecule has 1 aromatic heterocycles. The lowest BCUT2D eigenvalue weighted by Crippen LogP contribution is -2.22. The summed E-state index contributed by atoms with van der Waals surface area (Å²) in [5.41, 5.74) is 5.16. The predicted octanol–water partition coefficient (Wildman–Crippen LogP) is 0.830. The van der Waals surface area contributed by atoms with Gasteiger partial charge in [-0.2, -0.15) is 0 Å². The van der Waals surface area contributed by atoms with Gasteiger partial charge < -0.3 is 16.2 Å². The van der Waals surface area contributed by atoms with Crippen LogP contribution in [0.5, 0.6) is 0 Å². The van der Waals surface area contributed by atoms with Crippen molar-refractivity contribution in [3.05, 3.63) is 36.0 Å². The zero-order valence-corrected chi connectivity index (χ0v) is 9.38. The number of primary amides is 1. The van der Waals surface area contributed by atoms with Crippen LogP contribution in [0.2, 0.25) is 0 Å². The number of carbonyl (C=O) groups excluding carboxylic acids is 1. The molecule has 1 aromatic carbocycles. The molecule has 6 heteroatoms. The van der Waals surface area contributed by atoms with E-state index in [0.717, 1.165) is 0 Å². The summed E-state index contributed by atoms with van der Waals surface area (Å²) in [6.07, 6.45) is 1.26. The van der Waals surface area contributed by atoms with Crippen LogP contribution in [0.1, 0.15) is 10.4 Å². The van der Waals surface area contributed by atoms with Crippen LogP contribution in [-0.4, -0.2) is 28.5 Å². The van der Waals surface area contributed by atoms with Gasteiger partial charge in [0, 0.05) is 17.0 Å². The summed E-state index contributed by atoms with van der Waals surface area (Å²) < 4.78 is 0. The molecule has 0 spiro atoms. The summed E-state index contributed by atoms with van der Waals surface area (Å²) in [4.78, 5) is 25.8. The van der Waals surface area contributed by atoms with E-state index in [-0.39, 0.29) is 12.1 Å². The first kappa shape index (κ1) is 11.8. The molecule has 4 N–H and O–H groups in total. The van der Waals surface area contributed by atoms with Crippen molar-refractivity contribution in [1.29, 1.82) is 0 Å². The molecule has 0 saturated carbocycles. The van der Waals surface area contributed by atoms with Crippen molar-refractivity contribution in [2.45, 2.75) is 0 Å². The summed E-state index contributed by atoms with van der Waals surface area (Å²) in [5, 5.41) is 13.0. The van der Waals surface area contributed by atoms with Crippen molar-refractivity contribution in [3.8, 4) is 0 Å². The Morgan fingerprint density at radius 3 is 2.56 bits per heavy atom. The minimum atomic E-state index is -1.04. The Labute approximate surface area is 102 Å². The van der Waals surface area contributed by atoms with Crippen molar-refractivity contribution < 1.29 is 14.7 Å². The van der Waals surface area contributed by atoms with Crippen LogP contribution in [0.3, 0.4) is 0 Å². The van der Waals surface area contributed by atoms with Crippen LogP contribution in [0.4, 0.5) is 5.82 Å². The number of rotatable bonds is 4. The summed E-state index contributed by atoms with van der Waals surface area (Å²) in [6, 6.07) is 6.94. The second-order valence-electron chi connectivity index (χ2n) is 3.69. The van der Waals surface area contributed by atoms with E-state index in [1.807, 2.05) is 0 Å². The number of benzene rings is 1.